The van der Waals surface area contributed by atoms with Crippen molar-refractivity contribution in [3.8, 4) is 6.07 Å². The summed E-state index contributed by atoms with van der Waals surface area (Å²) in [6.45, 7) is 3.58. The smallest absolute Gasteiger partial charge is 0.354 e. The predicted molar refractivity (Wildman–Crippen MR) is 113 cm³/mol. The first-order valence-corrected chi connectivity index (χ1v) is 9.00. The first-order chi connectivity index (χ1) is 15.3. The van der Waals surface area contributed by atoms with E-state index in [1.54, 1.807) is 12.1 Å². The Morgan fingerprint density at radius 3 is 2.81 bits per heavy atom. The number of alkyl halides is 3. The van der Waals surface area contributed by atoms with Gasteiger partial charge in [0.1, 0.15) is 6.07 Å². The Labute approximate surface area is 180 Å². The number of nitrogens with zero attached hydrogens (tertiary/aromatic N) is 6. The van der Waals surface area contributed by atoms with Gasteiger partial charge in [0, 0.05) is 29.9 Å². The Morgan fingerprint density at radius 2 is 2.16 bits per heavy atom. The molecule has 0 bridgehead atoms. The molecule has 3 aromatic rings. The molecule has 12 heteroatoms. The predicted octanol–water partition coefficient (Wildman–Crippen LogP) is 3.74. The van der Waals surface area contributed by atoms with Gasteiger partial charge in [-0.3, -0.25) is 15.1 Å². The molecule has 0 aliphatic rings. The number of hydrogen-bond donors (Lipinski definition) is 3. The van der Waals surface area contributed by atoms with Crippen LogP contribution in [0.5, 0.6) is 0 Å². The maximum Gasteiger partial charge on any atom is 0.433 e. The van der Waals surface area contributed by atoms with Crippen LogP contribution in [0, 0.1) is 16.7 Å². The molecule has 0 spiro atoms. The van der Waals surface area contributed by atoms with Crippen molar-refractivity contribution in [2.24, 2.45) is 5.10 Å². The summed E-state index contributed by atoms with van der Waals surface area (Å²) in [5.74, 6) is 0.127. The van der Waals surface area contributed by atoms with Crippen LogP contribution in [0.25, 0.3) is 5.70 Å². The summed E-state index contributed by atoms with van der Waals surface area (Å²) >= 11 is 0. The van der Waals surface area contributed by atoms with E-state index in [0.29, 0.717) is 5.56 Å². The topological polar surface area (TPSA) is 128 Å². The number of hydrogen-bond acceptors (Lipinski definition) is 8. The van der Waals surface area contributed by atoms with E-state index in [-0.39, 0.29) is 34.9 Å². The van der Waals surface area contributed by atoms with Crippen molar-refractivity contribution in [1.29, 1.82) is 10.7 Å². The second-order valence-electron chi connectivity index (χ2n) is 6.32. The van der Waals surface area contributed by atoms with Gasteiger partial charge in [0.2, 0.25) is 0 Å². The van der Waals surface area contributed by atoms with Gasteiger partial charge in [0.05, 0.1) is 36.4 Å². The van der Waals surface area contributed by atoms with Gasteiger partial charge < -0.3 is 10.7 Å². The lowest BCUT2D eigenvalue weighted by Gasteiger charge is -2.15. The third-order valence-electron chi connectivity index (χ3n) is 4.11. The summed E-state index contributed by atoms with van der Waals surface area (Å²) in [5.41, 5.74) is 2.13. The van der Waals surface area contributed by atoms with Gasteiger partial charge in [-0.15, -0.1) is 0 Å². The lowest BCUT2D eigenvalue weighted by atomic mass is 10.1. The van der Waals surface area contributed by atoms with E-state index < -0.39 is 11.9 Å². The summed E-state index contributed by atoms with van der Waals surface area (Å²) < 4.78 is 42.3. The Morgan fingerprint density at radius 1 is 1.34 bits per heavy atom. The molecule has 0 aliphatic heterocycles. The standard InChI is InChI=1S/C20H16F3N9/c1-13(30-16-7-15(8-25)19(27-10-16)31-28-6-4-24)17-11-29-32(18(17)20(21,22)23)12-14-3-2-5-26-9-14/h2-7,9-11,24,30H,1,12H2,(H,27,31)/b24-4?,28-6-. The lowest BCUT2D eigenvalue weighted by molar-refractivity contribution is -0.144. The molecule has 0 fully saturated rings. The van der Waals surface area contributed by atoms with Crippen molar-refractivity contribution in [3.05, 3.63) is 71.9 Å². The van der Waals surface area contributed by atoms with Crippen LogP contribution in [-0.2, 0) is 12.7 Å². The maximum atomic E-state index is 13.8. The van der Waals surface area contributed by atoms with Crippen molar-refractivity contribution in [2.45, 2.75) is 12.7 Å². The second kappa shape index (κ2) is 9.52. The van der Waals surface area contributed by atoms with E-state index in [4.69, 9.17) is 5.41 Å². The average Bonchev–Trinajstić information content (AvgIpc) is 3.19. The van der Waals surface area contributed by atoms with Gasteiger partial charge in [-0.25, -0.2) is 4.98 Å². The molecule has 0 amide bonds. The van der Waals surface area contributed by atoms with Crippen LogP contribution in [0.3, 0.4) is 0 Å². The number of aromatic nitrogens is 4. The first-order valence-electron chi connectivity index (χ1n) is 9.00. The fraction of sp³-hybridized carbons (Fsp3) is 0.100. The maximum absolute atomic E-state index is 13.8. The van der Waals surface area contributed by atoms with Gasteiger partial charge >= 0.3 is 6.18 Å². The zero-order chi connectivity index (χ0) is 23.1. The summed E-state index contributed by atoms with van der Waals surface area (Å²) in [5, 5.41) is 26.5. The summed E-state index contributed by atoms with van der Waals surface area (Å²) in [4.78, 5) is 7.93. The van der Waals surface area contributed by atoms with Crippen LogP contribution in [-0.4, -0.2) is 32.2 Å². The van der Waals surface area contributed by atoms with Gasteiger partial charge in [-0.05, 0) is 17.7 Å². The van der Waals surface area contributed by atoms with Crippen LogP contribution >= 0.6 is 0 Å². The Balaban J connectivity index is 1.87. The summed E-state index contributed by atoms with van der Waals surface area (Å²) in [7, 11) is 0. The average molecular weight is 439 g/mol. The van der Waals surface area contributed by atoms with Crippen LogP contribution in [0.4, 0.5) is 24.7 Å². The van der Waals surface area contributed by atoms with Crippen LogP contribution in [0.15, 0.2) is 54.7 Å². The van der Waals surface area contributed by atoms with Gasteiger partial charge in [-0.2, -0.15) is 28.6 Å². The molecule has 0 unspecified atom stereocenters. The van der Waals surface area contributed by atoms with Crippen LogP contribution in [0.1, 0.15) is 22.4 Å². The molecule has 0 saturated carbocycles. The highest BCUT2D eigenvalue weighted by molar-refractivity contribution is 6.14. The van der Waals surface area contributed by atoms with Gasteiger partial charge in [0.25, 0.3) is 0 Å². The van der Waals surface area contributed by atoms with E-state index >= 15 is 0 Å². The van der Waals surface area contributed by atoms with Crippen LogP contribution < -0.4 is 10.7 Å². The molecule has 9 nitrogen and oxygen atoms in total. The van der Waals surface area contributed by atoms with Crippen molar-refractivity contribution in [3.63, 3.8) is 0 Å². The number of nitriles is 1. The van der Waals surface area contributed by atoms with Crippen molar-refractivity contribution >= 4 is 29.6 Å². The molecule has 0 aliphatic carbocycles. The number of rotatable bonds is 8. The number of pyridine rings is 2. The van der Waals surface area contributed by atoms with Crippen molar-refractivity contribution in [2.75, 3.05) is 10.7 Å². The third kappa shape index (κ3) is 5.14. The number of hydrazone groups is 1. The quantitative estimate of drug-likeness (QED) is 0.362. The molecule has 32 heavy (non-hydrogen) atoms. The zero-order valence-electron chi connectivity index (χ0n) is 16.4. The minimum absolute atomic E-state index is 0.0667. The fourth-order valence-corrected chi connectivity index (χ4v) is 2.77. The van der Waals surface area contributed by atoms with Gasteiger partial charge in [-0.1, -0.05) is 12.6 Å². The molecule has 0 aromatic carbocycles. The number of nitrogens with one attached hydrogen (secondary N) is 3. The summed E-state index contributed by atoms with van der Waals surface area (Å²) in [6.07, 6.45) is 2.78. The highest BCUT2D eigenvalue weighted by atomic mass is 19.4. The lowest BCUT2D eigenvalue weighted by Crippen LogP contribution is -2.18. The van der Waals surface area contributed by atoms with E-state index in [1.165, 1.54) is 24.7 Å². The Kier molecular flexibility index (Phi) is 6.59. The van der Waals surface area contributed by atoms with E-state index in [1.807, 2.05) is 6.07 Å². The molecule has 3 aromatic heterocycles. The highest BCUT2D eigenvalue weighted by Gasteiger charge is 2.39. The zero-order valence-corrected chi connectivity index (χ0v) is 16.4. The van der Waals surface area contributed by atoms with Crippen molar-refractivity contribution in [1.82, 2.24) is 19.7 Å². The highest BCUT2D eigenvalue weighted by Crippen LogP contribution is 2.35. The molecular formula is C20H16F3N9. The molecule has 0 saturated heterocycles. The van der Waals surface area contributed by atoms with Crippen molar-refractivity contribution < 1.29 is 13.2 Å². The Bertz CT molecular complexity index is 1190. The third-order valence-corrected chi connectivity index (χ3v) is 4.11. The minimum atomic E-state index is -4.69. The monoisotopic (exact) mass is 439 g/mol. The van der Waals surface area contributed by atoms with Crippen LogP contribution in [0.2, 0.25) is 0 Å². The molecule has 3 heterocycles. The van der Waals surface area contributed by atoms with E-state index in [2.05, 4.69) is 37.5 Å². The molecule has 0 atom stereocenters. The summed E-state index contributed by atoms with van der Waals surface area (Å²) in [6, 6.07) is 6.58. The SMILES string of the molecule is C=C(Nc1cnc(N/N=C\C=N)c(C#N)c1)c1cnn(Cc2cccnc2)c1C(F)(F)F. The molecule has 162 valence electrons. The van der Waals surface area contributed by atoms with E-state index in [0.717, 1.165) is 23.3 Å². The second-order valence-corrected chi connectivity index (χ2v) is 6.32. The minimum Gasteiger partial charge on any atom is -0.354 e. The molecule has 3 rings (SSSR count). The number of halogens is 3. The largest absolute Gasteiger partial charge is 0.433 e. The number of anilines is 2. The van der Waals surface area contributed by atoms with E-state index in [9.17, 15) is 18.4 Å². The normalized spacial score (nSPS) is 11.2. The van der Waals surface area contributed by atoms with Gasteiger partial charge in [0.15, 0.2) is 11.5 Å². The molecular weight excluding hydrogens is 423 g/mol. The molecule has 0 radical (unpaired) electrons. The Hall–Kier alpha value is -4.53. The first kappa shape index (κ1) is 22.2. The molecule has 3 N–H and O–H groups in total. The fourth-order valence-electron chi connectivity index (χ4n) is 2.77.